The monoisotopic (exact) mass is 401 g/mol. The fraction of sp³-hybridized carbons (Fsp3) is 0.250. The molecular weight excluding hydrogens is 378 g/mol. The summed E-state index contributed by atoms with van der Waals surface area (Å²) in [4.78, 5) is 4.15. The van der Waals surface area contributed by atoms with E-state index in [1.54, 1.807) is 19.5 Å². The van der Waals surface area contributed by atoms with Crippen molar-refractivity contribution in [2.24, 2.45) is 5.10 Å². The summed E-state index contributed by atoms with van der Waals surface area (Å²) < 4.78 is 17.6. The molecular formula is C24H23N3O3. The van der Waals surface area contributed by atoms with Crippen molar-refractivity contribution < 1.29 is 14.2 Å². The average Bonchev–Trinajstić information content (AvgIpc) is 3.25. The number of hydrazone groups is 1. The van der Waals surface area contributed by atoms with Gasteiger partial charge < -0.3 is 14.2 Å². The molecule has 0 bridgehead atoms. The highest BCUT2D eigenvalue weighted by molar-refractivity contribution is 6.02. The van der Waals surface area contributed by atoms with E-state index < -0.39 is 0 Å². The fourth-order valence-corrected chi connectivity index (χ4v) is 4.06. The van der Waals surface area contributed by atoms with E-state index in [4.69, 9.17) is 19.3 Å². The zero-order valence-corrected chi connectivity index (χ0v) is 17.0. The molecule has 1 aromatic heterocycles. The lowest BCUT2D eigenvalue weighted by Crippen LogP contribution is -2.33. The molecule has 2 aromatic carbocycles. The largest absolute Gasteiger partial charge is 0.497 e. The van der Waals surface area contributed by atoms with Crippen LogP contribution in [-0.2, 0) is 0 Å². The summed E-state index contributed by atoms with van der Waals surface area (Å²) in [5.41, 5.74) is 4.21. The first-order valence-electron chi connectivity index (χ1n) is 10.1. The minimum absolute atomic E-state index is 0.0735. The number of rotatable bonds is 5. The number of pyridine rings is 1. The van der Waals surface area contributed by atoms with Crippen molar-refractivity contribution in [2.45, 2.75) is 25.6 Å². The summed E-state index contributed by atoms with van der Waals surface area (Å²) in [6, 6.07) is 18.1. The Kier molecular flexibility index (Phi) is 4.75. The Morgan fingerprint density at radius 1 is 1.07 bits per heavy atom. The minimum atomic E-state index is -0.345. The molecule has 0 radical (unpaired) electrons. The first-order chi connectivity index (χ1) is 14.8. The van der Waals surface area contributed by atoms with Crippen LogP contribution in [0.3, 0.4) is 0 Å². The van der Waals surface area contributed by atoms with Crippen LogP contribution in [0.1, 0.15) is 42.3 Å². The molecule has 0 saturated carbocycles. The number of ether oxygens (including phenoxy) is 3. The first-order valence-corrected chi connectivity index (χ1v) is 10.1. The highest BCUT2D eigenvalue weighted by Crippen LogP contribution is 2.50. The smallest absolute Gasteiger partial charge is 0.214 e. The lowest BCUT2D eigenvalue weighted by molar-refractivity contribution is -0.0212. The van der Waals surface area contributed by atoms with Gasteiger partial charge in [0.2, 0.25) is 6.23 Å². The van der Waals surface area contributed by atoms with Gasteiger partial charge in [-0.25, -0.2) is 5.01 Å². The summed E-state index contributed by atoms with van der Waals surface area (Å²) in [5.74, 6) is 2.40. The lowest BCUT2D eigenvalue weighted by atomic mass is 9.95. The quantitative estimate of drug-likeness (QED) is 0.619. The van der Waals surface area contributed by atoms with E-state index in [9.17, 15) is 0 Å². The van der Waals surface area contributed by atoms with Gasteiger partial charge in [0.15, 0.2) is 11.5 Å². The normalized spacial score (nSPS) is 19.4. The zero-order valence-electron chi connectivity index (χ0n) is 17.0. The second-order valence-corrected chi connectivity index (χ2v) is 7.23. The number of benzene rings is 2. The van der Waals surface area contributed by atoms with Crippen molar-refractivity contribution in [3.05, 3.63) is 83.7 Å². The molecule has 3 aromatic rings. The van der Waals surface area contributed by atoms with Gasteiger partial charge in [0, 0.05) is 29.9 Å². The molecule has 6 heteroatoms. The van der Waals surface area contributed by atoms with E-state index in [1.165, 1.54) is 0 Å². The Labute approximate surface area is 175 Å². The first kappa shape index (κ1) is 18.5. The summed E-state index contributed by atoms with van der Waals surface area (Å²) in [6.45, 7) is 2.57. The number of para-hydroxylation sites is 1. The van der Waals surface area contributed by atoms with Gasteiger partial charge >= 0.3 is 0 Å². The Hall–Kier alpha value is -3.54. The summed E-state index contributed by atoms with van der Waals surface area (Å²) in [5, 5.41) is 7.05. The van der Waals surface area contributed by atoms with Crippen LogP contribution in [0.4, 0.5) is 0 Å². The van der Waals surface area contributed by atoms with Crippen LogP contribution in [-0.4, -0.2) is 29.4 Å². The molecule has 0 saturated heterocycles. The van der Waals surface area contributed by atoms with Crippen LogP contribution in [0, 0.1) is 0 Å². The number of fused-ring (bicyclic) bond motifs is 3. The molecule has 2 atom stereocenters. The molecule has 0 fully saturated rings. The molecule has 5 rings (SSSR count). The number of aromatic nitrogens is 1. The van der Waals surface area contributed by atoms with Gasteiger partial charge in [0.05, 0.1) is 25.5 Å². The number of methoxy groups -OCH3 is 1. The van der Waals surface area contributed by atoms with E-state index in [0.717, 1.165) is 46.1 Å². The van der Waals surface area contributed by atoms with E-state index in [0.29, 0.717) is 6.61 Å². The molecule has 152 valence electrons. The van der Waals surface area contributed by atoms with Crippen LogP contribution >= 0.6 is 0 Å². The molecule has 0 spiro atoms. The van der Waals surface area contributed by atoms with Crippen LogP contribution < -0.4 is 14.2 Å². The maximum absolute atomic E-state index is 6.48. The summed E-state index contributed by atoms with van der Waals surface area (Å²) >= 11 is 0. The van der Waals surface area contributed by atoms with Crippen molar-refractivity contribution >= 4 is 5.71 Å². The van der Waals surface area contributed by atoms with Crippen LogP contribution in [0.25, 0.3) is 0 Å². The maximum Gasteiger partial charge on any atom is 0.214 e. The number of nitrogens with zero attached hydrogens (tertiary/aromatic N) is 3. The summed E-state index contributed by atoms with van der Waals surface area (Å²) in [6.07, 6.45) is 4.01. The number of hydrogen-bond acceptors (Lipinski definition) is 6. The minimum Gasteiger partial charge on any atom is -0.497 e. The zero-order chi connectivity index (χ0) is 20.5. The molecule has 2 aliphatic rings. The Morgan fingerprint density at radius 3 is 2.60 bits per heavy atom. The third kappa shape index (κ3) is 3.14. The molecule has 6 nitrogen and oxygen atoms in total. The second kappa shape index (κ2) is 7.71. The van der Waals surface area contributed by atoms with Gasteiger partial charge in [-0.15, -0.1) is 0 Å². The van der Waals surface area contributed by atoms with Gasteiger partial charge in [-0.2, -0.15) is 5.10 Å². The fourth-order valence-electron chi connectivity index (χ4n) is 4.06. The average molecular weight is 401 g/mol. The van der Waals surface area contributed by atoms with E-state index in [1.807, 2.05) is 43.3 Å². The van der Waals surface area contributed by atoms with Gasteiger partial charge in [-0.05, 0) is 55.0 Å². The SMILES string of the molecule is CCOc1cccc2c1O[C@H](c1ccncc1)N1N=C(c3ccc(OC)cc3)C[C@@H]21. The molecule has 0 unspecified atom stereocenters. The predicted molar refractivity (Wildman–Crippen MR) is 114 cm³/mol. The van der Waals surface area contributed by atoms with Gasteiger partial charge in [0.25, 0.3) is 0 Å². The van der Waals surface area contributed by atoms with Crippen molar-refractivity contribution in [1.82, 2.24) is 9.99 Å². The van der Waals surface area contributed by atoms with Crippen LogP contribution in [0.2, 0.25) is 0 Å². The summed E-state index contributed by atoms with van der Waals surface area (Å²) in [7, 11) is 1.67. The Balaban J connectivity index is 1.58. The Bertz CT molecular complexity index is 1070. The van der Waals surface area contributed by atoms with E-state index >= 15 is 0 Å². The van der Waals surface area contributed by atoms with Crippen molar-refractivity contribution in [2.75, 3.05) is 13.7 Å². The van der Waals surface area contributed by atoms with Crippen molar-refractivity contribution in [3.63, 3.8) is 0 Å². The van der Waals surface area contributed by atoms with Gasteiger partial charge in [0.1, 0.15) is 5.75 Å². The third-order valence-corrected chi connectivity index (χ3v) is 5.49. The topological polar surface area (TPSA) is 56.2 Å². The molecule has 2 aliphatic heterocycles. The van der Waals surface area contributed by atoms with Gasteiger partial charge in [-0.3, -0.25) is 4.98 Å². The number of hydrogen-bond donors (Lipinski definition) is 0. The van der Waals surface area contributed by atoms with Crippen LogP contribution in [0.15, 0.2) is 72.1 Å². The molecule has 3 heterocycles. The van der Waals surface area contributed by atoms with Gasteiger partial charge in [-0.1, -0.05) is 12.1 Å². The lowest BCUT2D eigenvalue weighted by Gasteiger charge is -2.38. The molecule has 0 N–H and O–H groups in total. The van der Waals surface area contributed by atoms with E-state index in [2.05, 4.69) is 28.2 Å². The second-order valence-electron chi connectivity index (χ2n) is 7.23. The molecule has 0 amide bonds. The Morgan fingerprint density at radius 2 is 1.87 bits per heavy atom. The highest BCUT2D eigenvalue weighted by atomic mass is 16.5. The maximum atomic E-state index is 6.48. The van der Waals surface area contributed by atoms with Crippen LogP contribution in [0.5, 0.6) is 17.2 Å². The standard InChI is InChI=1S/C24H23N3O3/c1-3-29-22-6-4-5-19-21-15-20(16-7-9-18(28-2)10-8-16)26-27(21)24(30-23(19)22)17-11-13-25-14-12-17/h4-14,21,24H,3,15H2,1-2H3/t21-,24+/m0/s1. The predicted octanol–water partition coefficient (Wildman–Crippen LogP) is 4.73. The van der Waals surface area contributed by atoms with Crippen molar-refractivity contribution in [3.8, 4) is 17.2 Å². The highest BCUT2D eigenvalue weighted by Gasteiger charge is 2.42. The third-order valence-electron chi connectivity index (χ3n) is 5.49. The molecule has 0 aliphatic carbocycles. The van der Waals surface area contributed by atoms with E-state index in [-0.39, 0.29) is 12.3 Å². The van der Waals surface area contributed by atoms with Crippen molar-refractivity contribution in [1.29, 1.82) is 0 Å². The molecule has 30 heavy (non-hydrogen) atoms.